The Kier molecular flexibility index (Phi) is 5.32. The van der Waals surface area contributed by atoms with E-state index >= 15 is 0 Å². The molecule has 1 fully saturated rings. The van der Waals surface area contributed by atoms with Crippen LogP contribution >= 0.6 is 0 Å². The summed E-state index contributed by atoms with van der Waals surface area (Å²) in [6, 6.07) is 13.0. The third kappa shape index (κ3) is 4.25. The van der Waals surface area contributed by atoms with E-state index in [1.165, 1.54) is 12.1 Å². The minimum Gasteiger partial charge on any atom is -0.352 e. The monoisotopic (exact) mass is 362 g/mol. The van der Waals surface area contributed by atoms with E-state index in [-0.39, 0.29) is 17.7 Å². The van der Waals surface area contributed by atoms with Gasteiger partial charge in [0.1, 0.15) is 0 Å². The first kappa shape index (κ1) is 18.5. The Morgan fingerprint density at radius 3 is 2.35 bits per heavy atom. The van der Waals surface area contributed by atoms with E-state index < -0.39 is 11.7 Å². The summed E-state index contributed by atoms with van der Waals surface area (Å²) in [7, 11) is 0. The van der Waals surface area contributed by atoms with Gasteiger partial charge >= 0.3 is 6.18 Å². The third-order valence-electron chi connectivity index (χ3n) is 4.80. The Bertz CT molecular complexity index is 754. The molecule has 138 valence electrons. The molecule has 0 aliphatic carbocycles. The molecule has 1 amide bonds. The van der Waals surface area contributed by atoms with Gasteiger partial charge in [-0.25, -0.2) is 0 Å². The maximum Gasteiger partial charge on any atom is 0.416 e. The van der Waals surface area contributed by atoms with E-state index in [0.29, 0.717) is 19.6 Å². The summed E-state index contributed by atoms with van der Waals surface area (Å²) in [5, 5.41) is 6.11. The van der Waals surface area contributed by atoms with Crippen LogP contribution in [0.25, 0.3) is 0 Å². The fraction of sp³-hybridized carbons (Fsp3) is 0.350. The second-order valence-electron chi connectivity index (χ2n) is 6.69. The summed E-state index contributed by atoms with van der Waals surface area (Å²) in [4.78, 5) is 12.6. The number of hydrogen-bond donors (Lipinski definition) is 2. The van der Waals surface area contributed by atoms with E-state index in [2.05, 4.69) is 10.6 Å². The number of rotatable bonds is 4. The lowest BCUT2D eigenvalue weighted by molar-refractivity contribution is -0.137. The van der Waals surface area contributed by atoms with Gasteiger partial charge in [0.25, 0.3) is 0 Å². The van der Waals surface area contributed by atoms with Crippen molar-refractivity contribution < 1.29 is 18.0 Å². The first-order chi connectivity index (χ1) is 12.3. The average Bonchev–Trinajstić information content (AvgIpc) is 3.10. The minimum atomic E-state index is -4.35. The predicted octanol–water partition coefficient (Wildman–Crippen LogP) is 3.63. The summed E-state index contributed by atoms with van der Waals surface area (Å²) in [6.45, 7) is 3.54. The zero-order valence-electron chi connectivity index (χ0n) is 14.4. The molecule has 6 heteroatoms. The second kappa shape index (κ2) is 7.50. The molecule has 0 aromatic heterocycles. The second-order valence-corrected chi connectivity index (χ2v) is 6.69. The largest absolute Gasteiger partial charge is 0.416 e. The number of hydrogen-bond acceptors (Lipinski definition) is 2. The molecule has 1 saturated heterocycles. The van der Waals surface area contributed by atoms with Crippen molar-refractivity contribution in [1.82, 2.24) is 10.6 Å². The van der Waals surface area contributed by atoms with E-state index in [1.807, 2.05) is 31.2 Å². The number of halogens is 3. The molecule has 26 heavy (non-hydrogen) atoms. The molecule has 1 aliphatic heterocycles. The highest BCUT2D eigenvalue weighted by Crippen LogP contribution is 2.33. The van der Waals surface area contributed by atoms with Crippen molar-refractivity contribution in [3.63, 3.8) is 0 Å². The van der Waals surface area contributed by atoms with Crippen molar-refractivity contribution in [1.29, 1.82) is 0 Å². The minimum absolute atomic E-state index is 0.0829. The van der Waals surface area contributed by atoms with Crippen LogP contribution in [0, 0.1) is 12.8 Å². The summed E-state index contributed by atoms with van der Waals surface area (Å²) < 4.78 is 38.1. The van der Waals surface area contributed by atoms with Crippen LogP contribution in [-0.4, -0.2) is 19.0 Å². The summed E-state index contributed by atoms with van der Waals surface area (Å²) in [5.74, 6) is -0.507. The van der Waals surface area contributed by atoms with Crippen LogP contribution in [0.4, 0.5) is 13.2 Å². The normalized spacial score (nSPS) is 20.2. The lowest BCUT2D eigenvalue weighted by Crippen LogP contribution is -2.34. The van der Waals surface area contributed by atoms with Crippen LogP contribution in [0.2, 0.25) is 0 Å². The number of carbonyl (C=O) groups excluding carboxylic acids is 1. The smallest absolute Gasteiger partial charge is 0.352 e. The van der Waals surface area contributed by atoms with Crippen molar-refractivity contribution in [2.75, 3.05) is 13.1 Å². The summed E-state index contributed by atoms with van der Waals surface area (Å²) in [5.41, 5.74) is 2.24. The van der Waals surface area contributed by atoms with Gasteiger partial charge in [0.2, 0.25) is 5.91 Å². The molecule has 1 aliphatic rings. The Morgan fingerprint density at radius 2 is 1.73 bits per heavy atom. The molecule has 0 bridgehead atoms. The Balaban J connectivity index is 1.65. The predicted molar refractivity (Wildman–Crippen MR) is 93.6 cm³/mol. The number of alkyl halides is 3. The zero-order valence-corrected chi connectivity index (χ0v) is 14.4. The molecule has 1 heterocycles. The van der Waals surface area contributed by atoms with Gasteiger partial charge in [-0.05, 0) is 30.2 Å². The van der Waals surface area contributed by atoms with Crippen LogP contribution in [0.15, 0.2) is 48.5 Å². The van der Waals surface area contributed by atoms with Crippen LogP contribution in [0.1, 0.15) is 28.2 Å². The number of benzene rings is 2. The van der Waals surface area contributed by atoms with Gasteiger partial charge in [-0.1, -0.05) is 42.0 Å². The first-order valence-electron chi connectivity index (χ1n) is 8.56. The SMILES string of the molecule is Cc1ccc(CNC(=O)C2CNCC2c2ccc(C(F)(F)F)cc2)cc1. The molecule has 0 saturated carbocycles. The fourth-order valence-electron chi connectivity index (χ4n) is 3.25. The highest BCUT2D eigenvalue weighted by molar-refractivity contribution is 5.80. The van der Waals surface area contributed by atoms with Gasteiger partial charge in [0.15, 0.2) is 0 Å². The molecule has 2 N–H and O–H groups in total. The van der Waals surface area contributed by atoms with Gasteiger partial charge in [-0.2, -0.15) is 13.2 Å². The standard InChI is InChI=1S/C20H21F3N2O/c1-13-2-4-14(5-3-13)10-25-19(26)18-12-24-11-17(18)15-6-8-16(9-7-15)20(21,22)23/h2-9,17-18,24H,10-12H2,1H3,(H,25,26). The van der Waals surface area contributed by atoms with E-state index in [9.17, 15) is 18.0 Å². The molecule has 2 atom stereocenters. The Hall–Kier alpha value is -2.34. The molecule has 3 rings (SSSR count). The molecule has 2 unspecified atom stereocenters. The highest BCUT2D eigenvalue weighted by atomic mass is 19.4. The number of carbonyl (C=O) groups is 1. The quantitative estimate of drug-likeness (QED) is 0.872. The van der Waals surface area contributed by atoms with Gasteiger partial charge in [-0.15, -0.1) is 0 Å². The van der Waals surface area contributed by atoms with Crippen LogP contribution in [-0.2, 0) is 17.5 Å². The van der Waals surface area contributed by atoms with Crippen molar-refractivity contribution in [2.24, 2.45) is 5.92 Å². The van der Waals surface area contributed by atoms with Crippen molar-refractivity contribution in [3.8, 4) is 0 Å². The molecule has 0 radical (unpaired) electrons. The number of nitrogens with one attached hydrogen (secondary N) is 2. The number of aryl methyl sites for hydroxylation is 1. The molecular weight excluding hydrogens is 341 g/mol. The summed E-state index contributed by atoms with van der Waals surface area (Å²) >= 11 is 0. The number of amides is 1. The third-order valence-corrected chi connectivity index (χ3v) is 4.80. The Morgan fingerprint density at radius 1 is 1.08 bits per heavy atom. The molecular formula is C20H21F3N2O. The molecule has 2 aromatic carbocycles. The van der Waals surface area contributed by atoms with Crippen molar-refractivity contribution in [3.05, 3.63) is 70.8 Å². The Labute approximate surface area is 150 Å². The summed E-state index contributed by atoms with van der Waals surface area (Å²) in [6.07, 6.45) is -4.35. The van der Waals surface area contributed by atoms with Crippen molar-refractivity contribution >= 4 is 5.91 Å². The van der Waals surface area contributed by atoms with Gasteiger partial charge in [-0.3, -0.25) is 4.79 Å². The highest BCUT2D eigenvalue weighted by Gasteiger charge is 2.35. The fourth-order valence-corrected chi connectivity index (χ4v) is 3.25. The van der Waals surface area contributed by atoms with Crippen molar-refractivity contribution in [2.45, 2.75) is 25.6 Å². The van der Waals surface area contributed by atoms with Crippen LogP contribution in [0.3, 0.4) is 0 Å². The van der Waals surface area contributed by atoms with Gasteiger partial charge < -0.3 is 10.6 Å². The molecule has 2 aromatic rings. The maximum atomic E-state index is 12.7. The van der Waals surface area contributed by atoms with E-state index in [0.717, 1.165) is 28.8 Å². The lowest BCUT2D eigenvalue weighted by atomic mass is 9.88. The van der Waals surface area contributed by atoms with E-state index in [1.54, 1.807) is 0 Å². The molecule has 3 nitrogen and oxygen atoms in total. The van der Waals surface area contributed by atoms with Gasteiger partial charge in [0.05, 0.1) is 11.5 Å². The van der Waals surface area contributed by atoms with Gasteiger partial charge in [0, 0.05) is 25.6 Å². The lowest BCUT2D eigenvalue weighted by Gasteiger charge is -2.19. The maximum absolute atomic E-state index is 12.7. The van der Waals surface area contributed by atoms with Crippen LogP contribution in [0.5, 0.6) is 0 Å². The van der Waals surface area contributed by atoms with E-state index in [4.69, 9.17) is 0 Å². The van der Waals surface area contributed by atoms with Crippen LogP contribution < -0.4 is 10.6 Å². The average molecular weight is 362 g/mol. The molecule has 0 spiro atoms. The zero-order chi connectivity index (χ0) is 18.7. The first-order valence-corrected chi connectivity index (χ1v) is 8.56. The topological polar surface area (TPSA) is 41.1 Å².